The molecule has 0 amide bonds. The van der Waals surface area contributed by atoms with Crippen LogP contribution in [0.1, 0.15) is 78.0 Å². The second-order valence-electron chi connectivity index (χ2n) is 7.30. The average molecular weight is 361 g/mol. The molecule has 0 unspecified atom stereocenters. The fraction of sp³-hybridized carbons (Fsp3) is 0.565. The summed E-state index contributed by atoms with van der Waals surface area (Å²) >= 11 is 0. The first-order chi connectivity index (χ1) is 12.3. The van der Waals surface area contributed by atoms with E-state index in [0.29, 0.717) is 30.3 Å². The minimum Gasteiger partial charge on any atom is -0.504 e. The molecule has 3 heteroatoms. The van der Waals surface area contributed by atoms with Crippen molar-refractivity contribution < 1.29 is 14.3 Å². The second-order valence-corrected chi connectivity index (χ2v) is 7.30. The maximum absolute atomic E-state index is 10.2. The van der Waals surface area contributed by atoms with Gasteiger partial charge in [-0.3, -0.25) is 0 Å². The van der Waals surface area contributed by atoms with E-state index in [2.05, 4.69) is 45.9 Å². The van der Waals surface area contributed by atoms with Crippen LogP contribution >= 0.6 is 0 Å². The zero-order chi connectivity index (χ0) is 19.5. The predicted molar refractivity (Wildman–Crippen MR) is 110 cm³/mol. The van der Waals surface area contributed by atoms with Crippen LogP contribution in [0.2, 0.25) is 0 Å². The molecule has 3 nitrogen and oxygen atoms in total. The fourth-order valence-electron chi connectivity index (χ4n) is 2.62. The lowest BCUT2D eigenvalue weighted by atomic mass is 10.1. The summed E-state index contributed by atoms with van der Waals surface area (Å²) in [6.07, 6.45) is 12.6. The molecule has 0 saturated heterocycles. The minimum absolute atomic E-state index is 0.218. The summed E-state index contributed by atoms with van der Waals surface area (Å²) in [5.41, 5.74) is 4.83. The van der Waals surface area contributed by atoms with Crippen molar-refractivity contribution in [3.05, 3.63) is 46.3 Å². The lowest BCUT2D eigenvalue weighted by molar-refractivity contribution is 0.235. The normalized spacial score (nSPS) is 12.4. The second kappa shape index (κ2) is 11.7. The van der Waals surface area contributed by atoms with Gasteiger partial charge in [-0.15, -0.1) is 0 Å². The van der Waals surface area contributed by atoms with Crippen molar-refractivity contribution in [2.75, 3.05) is 6.61 Å². The molecule has 1 rings (SSSR count). The van der Waals surface area contributed by atoms with E-state index in [0.717, 1.165) is 32.1 Å². The van der Waals surface area contributed by atoms with Crippen molar-refractivity contribution in [2.45, 2.75) is 80.1 Å². The van der Waals surface area contributed by atoms with E-state index in [-0.39, 0.29) is 5.75 Å². The van der Waals surface area contributed by atoms with E-state index in [4.69, 9.17) is 9.15 Å². The zero-order valence-electron chi connectivity index (χ0n) is 17.4. The number of rotatable bonds is 11. The molecule has 1 N–H and O–H groups in total. The number of allylic oxidation sites excluding steroid dienone is 6. The van der Waals surface area contributed by atoms with Gasteiger partial charge in [-0.2, -0.15) is 0 Å². The molecule has 0 saturated carbocycles. The van der Waals surface area contributed by atoms with E-state index < -0.39 is 0 Å². The summed E-state index contributed by atoms with van der Waals surface area (Å²) in [7, 11) is 0. The third-order valence-electron chi connectivity index (χ3n) is 4.34. The molecule has 0 atom stereocenters. The van der Waals surface area contributed by atoms with Crippen LogP contribution in [-0.4, -0.2) is 11.7 Å². The SMILES string of the molecule is CCCOc1oc(CC=C(C)CCC=C(C)CCC=C(C)C)c(O)c1C. The standard InChI is InChI=1S/C23H36O3/c1-7-16-25-23-20(6)22(24)21(26-23)15-14-19(5)13-9-12-18(4)11-8-10-17(2)3/h10,12,14,24H,7-9,11,13,15-16H2,1-6H3. The Balaban J connectivity index is 2.50. The Hall–Kier alpha value is -1.90. The fourth-order valence-corrected chi connectivity index (χ4v) is 2.62. The van der Waals surface area contributed by atoms with Gasteiger partial charge in [-0.05, 0) is 66.7 Å². The molecular weight excluding hydrogens is 324 g/mol. The first kappa shape index (κ1) is 22.1. The molecule has 0 aliphatic heterocycles. The van der Waals surface area contributed by atoms with Gasteiger partial charge in [-0.1, -0.05) is 41.9 Å². The number of aromatic hydroxyl groups is 1. The highest BCUT2D eigenvalue weighted by molar-refractivity contribution is 5.41. The van der Waals surface area contributed by atoms with Crippen LogP contribution in [0.3, 0.4) is 0 Å². The van der Waals surface area contributed by atoms with Crippen molar-refractivity contribution >= 4 is 0 Å². The zero-order valence-corrected chi connectivity index (χ0v) is 17.4. The smallest absolute Gasteiger partial charge is 0.291 e. The van der Waals surface area contributed by atoms with Crippen LogP contribution in [0.15, 0.2) is 39.4 Å². The Kier molecular flexibility index (Phi) is 9.93. The monoisotopic (exact) mass is 360 g/mol. The van der Waals surface area contributed by atoms with Crippen LogP contribution in [0, 0.1) is 6.92 Å². The van der Waals surface area contributed by atoms with Gasteiger partial charge in [0.1, 0.15) is 0 Å². The summed E-state index contributed by atoms with van der Waals surface area (Å²) in [5.74, 6) is 1.25. The van der Waals surface area contributed by atoms with Gasteiger partial charge < -0.3 is 14.3 Å². The number of hydrogen-bond acceptors (Lipinski definition) is 3. The van der Waals surface area contributed by atoms with Gasteiger partial charge in [-0.25, -0.2) is 0 Å². The largest absolute Gasteiger partial charge is 0.504 e. The summed E-state index contributed by atoms with van der Waals surface area (Å²) in [6, 6.07) is 0. The predicted octanol–water partition coefficient (Wildman–Crippen LogP) is 7.04. The molecule has 0 bridgehead atoms. The van der Waals surface area contributed by atoms with E-state index in [1.54, 1.807) is 0 Å². The van der Waals surface area contributed by atoms with Crippen molar-refractivity contribution in [1.82, 2.24) is 0 Å². The van der Waals surface area contributed by atoms with Crippen LogP contribution in [0.25, 0.3) is 0 Å². The third-order valence-corrected chi connectivity index (χ3v) is 4.34. The van der Waals surface area contributed by atoms with Crippen molar-refractivity contribution in [1.29, 1.82) is 0 Å². The van der Waals surface area contributed by atoms with E-state index >= 15 is 0 Å². The van der Waals surface area contributed by atoms with Gasteiger partial charge in [0.15, 0.2) is 11.5 Å². The first-order valence-electron chi connectivity index (χ1n) is 9.73. The van der Waals surface area contributed by atoms with Gasteiger partial charge in [0.25, 0.3) is 5.95 Å². The molecule has 1 heterocycles. The molecular formula is C23H36O3. The van der Waals surface area contributed by atoms with Crippen LogP contribution in [0.5, 0.6) is 11.7 Å². The molecule has 1 aromatic rings. The number of hydrogen-bond donors (Lipinski definition) is 1. The Morgan fingerprint density at radius 2 is 1.62 bits per heavy atom. The Labute approximate surface area is 159 Å². The summed E-state index contributed by atoms with van der Waals surface area (Å²) in [5, 5.41) is 10.2. The molecule has 0 aliphatic carbocycles. The molecule has 146 valence electrons. The third kappa shape index (κ3) is 7.99. The van der Waals surface area contributed by atoms with E-state index in [1.807, 2.05) is 13.8 Å². The molecule has 0 spiro atoms. The quantitative estimate of drug-likeness (QED) is 0.430. The lowest BCUT2D eigenvalue weighted by Gasteiger charge is -2.02. The number of ether oxygens (including phenoxy) is 1. The summed E-state index contributed by atoms with van der Waals surface area (Å²) in [4.78, 5) is 0. The first-order valence-corrected chi connectivity index (χ1v) is 9.73. The maximum Gasteiger partial charge on any atom is 0.291 e. The van der Waals surface area contributed by atoms with Gasteiger partial charge in [0.2, 0.25) is 0 Å². The highest BCUT2D eigenvalue weighted by Crippen LogP contribution is 2.35. The highest BCUT2D eigenvalue weighted by Gasteiger charge is 2.16. The Morgan fingerprint density at radius 3 is 2.23 bits per heavy atom. The van der Waals surface area contributed by atoms with E-state index in [9.17, 15) is 5.11 Å². The van der Waals surface area contributed by atoms with Gasteiger partial charge in [0.05, 0.1) is 12.2 Å². The Morgan fingerprint density at radius 1 is 1.00 bits per heavy atom. The molecule has 26 heavy (non-hydrogen) atoms. The molecule has 0 radical (unpaired) electrons. The number of furan rings is 1. The molecule has 0 aliphatic rings. The lowest BCUT2D eigenvalue weighted by Crippen LogP contribution is -1.94. The maximum atomic E-state index is 10.2. The molecule has 1 aromatic heterocycles. The highest BCUT2D eigenvalue weighted by atomic mass is 16.6. The van der Waals surface area contributed by atoms with Crippen molar-refractivity contribution in [2.24, 2.45) is 0 Å². The molecule has 0 fully saturated rings. The summed E-state index contributed by atoms with van der Waals surface area (Å²) in [6.45, 7) is 13.1. The van der Waals surface area contributed by atoms with Crippen LogP contribution in [0.4, 0.5) is 0 Å². The van der Waals surface area contributed by atoms with Gasteiger partial charge >= 0.3 is 0 Å². The topological polar surface area (TPSA) is 42.6 Å². The minimum atomic E-state index is 0.218. The van der Waals surface area contributed by atoms with Crippen LogP contribution in [-0.2, 0) is 6.42 Å². The Bertz CT molecular complexity index is 641. The van der Waals surface area contributed by atoms with E-state index in [1.165, 1.54) is 16.7 Å². The van der Waals surface area contributed by atoms with Crippen molar-refractivity contribution in [3.63, 3.8) is 0 Å². The van der Waals surface area contributed by atoms with Crippen molar-refractivity contribution in [3.8, 4) is 11.7 Å². The van der Waals surface area contributed by atoms with Crippen LogP contribution < -0.4 is 4.74 Å². The average Bonchev–Trinajstić information content (AvgIpc) is 2.85. The molecule has 0 aromatic carbocycles. The summed E-state index contributed by atoms with van der Waals surface area (Å²) < 4.78 is 11.2. The van der Waals surface area contributed by atoms with Gasteiger partial charge in [0, 0.05) is 6.42 Å².